The molecule has 326 valence electrons. The second-order valence-corrected chi connectivity index (χ2v) is 20.6. The molecule has 2 aliphatic heterocycles. The molecule has 7 aliphatic rings. The van der Waals surface area contributed by atoms with Crippen LogP contribution in [0.4, 0.5) is 0 Å². The number of aliphatic hydroxyl groups excluding tert-OH is 5. The Bertz CT molecular complexity index is 1730. The average molecular weight is 823 g/mol. The molecule has 2 saturated heterocycles. The topological polar surface area (TPSA) is 267 Å². The van der Waals surface area contributed by atoms with Gasteiger partial charge in [-0.15, -0.1) is 0 Å². The van der Waals surface area contributed by atoms with Crippen molar-refractivity contribution in [2.75, 3.05) is 0 Å². The molecule has 16 heteroatoms. The van der Waals surface area contributed by atoms with E-state index in [0.29, 0.717) is 25.7 Å². The Hall–Kier alpha value is -2.54. The van der Waals surface area contributed by atoms with E-state index < -0.39 is 107 Å². The Morgan fingerprint density at radius 2 is 1.28 bits per heavy atom. The molecule has 16 nitrogen and oxygen atoms in total. The van der Waals surface area contributed by atoms with E-state index in [-0.39, 0.29) is 34.4 Å². The second-order valence-electron chi connectivity index (χ2n) is 20.6. The molecule has 6 fully saturated rings. The van der Waals surface area contributed by atoms with E-state index >= 15 is 0 Å². The van der Waals surface area contributed by atoms with Crippen LogP contribution >= 0.6 is 0 Å². The van der Waals surface area contributed by atoms with Crippen molar-refractivity contribution in [1.29, 1.82) is 0 Å². The van der Waals surface area contributed by atoms with Crippen LogP contribution in [-0.2, 0) is 38.1 Å². The number of carbonyl (C=O) groups is 4. The highest BCUT2D eigenvalue weighted by atomic mass is 16.8. The van der Waals surface area contributed by atoms with Gasteiger partial charge in [-0.25, -0.2) is 9.59 Å². The highest BCUT2D eigenvalue weighted by Gasteiger charge is 2.71. The first-order valence-electron chi connectivity index (χ1n) is 20.7. The maximum absolute atomic E-state index is 14.8. The zero-order valence-electron chi connectivity index (χ0n) is 34.4. The molecule has 0 bridgehead atoms. The van der Waals surface area contributed by atoms with Crippen molar-refractivity contribution < 1.29 is 79.0 Å². The Labute approximate surface area is 337 Å². The number of carboxylic acid groups (broad SMARTS) is 3. The van der Waals surface area contributed by atoms with Gasteiger partial charge < -0.3 is 59.8 Å². The zero-order chi connectivity index (χ0) is 42.9. The maximum Gasteiger partial charge on any atom is 0.335 e. The molecule has 58 heavy (non-hydrogen) atoms. The van der Waals surface area contributed by atoms with Crippen molar-refractivity contribution in [3.05, 3.63) is 11.6 Å². The van der Waals surface area contributed by atoms with Gasteiger partial charge in [0.05, 0.1) is 11.5 Å². The summed E-state index contributed by atoms with van der Waals surface area (Å²) in [6, 6.07) is 0. The van der Waals surface area contributed by atoms with E-state index in [1.165, 1.54) is 0 Å². The van der Waals surface area contributed by atoms with E-state index in [1.54, 1.807) is 0 Å². The van der Waals surface area contributed by atoms with Gasteiger partial charge in [-0.3, -0.25) is 9.59 Å². The molecular formula is C42H62O16. The second kappa shape index (κ2) is 14.3. The van der Waals surface area contributed by atoms with Gasteiger partial charge in [0.15, 0.2) is 30.6 Å². The van der Waals surface area contributed by atoms with Crippen LogP contribution in [0, 0.1) is 50.2 Å². The summed E-state index contributed by atoms with van der Waals surface area (Å²) in [5, 5.41) is 83.0. The third-order valence-electron chi connectivity index (χ3n) is 17.2. The molecule has 0 aromatic heterocycles. The number of rotatable bonds is 7. The van der Waals surface area contributed by atoms with Crippen molar-refractivity contribution in [1.82, 2.24) is 0 Å². The number of carboxylic acids is 3. The van der Waals surface area contributed by atoms with Crippen molar-refractivity contribution in [2.45, 2.75) is 174 Å². The van der Waals surface area contributed by atoms with Crippen LogP contribution in [0.1, 0.15) is 106 Å². The fourth-order valence-corrected chi connectivity index (χ4v) is 13.4. The molecule has 0 radical (unpaired) electrons. The van der Waals surface area contributed by atoms with Crippen molar-refractivity contribution in [2.24, 2.45) is 50.2 Å². The van der Waals surface area contributed by atoms with Crippen LogP contribution in [0.15, 0.2) is 11.6 Å². The van der Waals surface area contributed by atoms with Gasteiger partial charge in [0.2, 0.25) is 0 Å². The highest BCUT2D eigenvalue weighted by molar-refractivity contribution is 5.95. The molecule has 0 amide bonds. The minimum atomic E-state index is -2.05. The van der Waals surface area contributed by atoms with Gasteiger partial charge in [-0.2, -0.15) is 0 Å². The predicted octanol–water partition coefficient (Wildman–Crippen LogP) is 2.25. The number of aliphatic hydroxyl groups is 5. The maximum atomic E-state index is 14.8. The Balaban J connectivity index is 1.17. The molecule has 0 aromatic carbocycles. The summed E-state index contributed by atoms with van der Waals surface area (Å²) in [6.45, 7) is 14.8. The third-order valence-corrected chi connectivity index (χ3v) is 17.2. The standard InChI is InChI=1S/C42H62O16/c1-37(2)21-8-11-42(7)31(20(43)16-18-19-17-39(4,36(53)54)13-12-38(19,3)14-15-41(18,42)6)40(21,5)10-9-22(37)55-35-30(26(47)25(46)29(57-35)33(51)52)58-34-27(48)23(44)24(45)28(56-34)32(49)50/h16,19,21-31,34-35,44-48H,8-15,17H2,1-7H3,(H,49,50)(H,51,52)(H,53,54)/t19-,21+,22+,23+,24-,25-,26+,27-,28+,29+,30+,31-,34+,35+,38-,39+,40-,41-,42-/m1/s1. The van der Waals surface area contributed by atoms with E-state index in [9.17, 15) is 60.0 Å². The van der Waals surface area contributed by atoms with Gasteiger partial charge in [-0.05, 0) is 110 Å². The molecule has 7 rings (SSSR count). The molecule has 0 unspecified atom stereocenters. The Morgan fingerprint density at radius 1 is 0.690 bits per heavy atom. The monoisotopic (exact) mass is 822 g/mol. The summed E-state index contributed by atoms with van der Waals surface area (Å²) in [5.41, 5.74) is -1.81. The lowest BCUT2D eigenvalue weighted by molar-refractivity contribution is -0.371. The number of fused-ring (bicyclic) bond motifs is 7. The number of ether oxygens (including phenoxy) is 4. The zero-order valence-corrected chi connectivity index (χ0v) is 34.4. The van der Waals surface area contributed by atoms with Gasteiger partial charge in [0.1, 0.15) is 36.6 Å². The van der Waals surface area contributed by atoms with Crippen LogP contribution in [0.3, 0.4) is 0 Å². The molecule has 8 N–H and O–H groups in total. The molecule has 4 saturated carbocycles. The van der Waals surface area contributed by atoms with Crippen molar-refractivity contribution in [3.8, 4) is 0 Å². The van der Waals surface area contributed by atoms with Gasteiger partial charge in [0, 0.05) is 5.92 Å². The number of ketones is 1. The normalized spacial score (nSPS) is 52.6. The number of carbonyl (C=O) groups excluding carboxylic acids is 1. The lowest BCUT2D eigenvalue weighted by atomic mass is 9.33. The summed E-state index contributed by atoms with van der Waals surface area (Å²) < 4.78 is 23.4. The lowest BCUT2D eigenvalue weighted by Crippen LogP contribution is -2.68. The quantitative estimate of drug-likeness (QED) is 0.171. The van der Waals surface area contributed by atoms with Gasteiger partial charge >= 0.3 is 17.9 Å². The molecule has 0 spiro atoms. The number of hydrogen-bond acceptors (Lipinski definition) is 13. The number of aliphatic carboxylic acids is 3. The highest BCUT2D eigenvalue weighted by Crippen LogP contribution is 2.75. The third kappa shape index (κ3) is 6.25. The average Bonchev–Trinajstić information content (AvgIpc) is 3.13. The number of allylic oxidation sites excluding steroid dienone is 2. The van der Waals surface area contributed by atoms with Crippen LogP contribution in [0.2, 0.25) is 0 Å². The number of hydrogen-bond donors (Lipinski definition) is 8. The van der Waals surface area contributed by atoms with Gasteiger partial charge in [0.25, 0.3) is 0 Å². The lowest BCUT2D eigenvalue weighted by Gasteiger charge is -2.70. The summed E-state index contributed by atoms with van der Waals surface area (Å²) in [5.74, 6) is -4.47. The largest absolute Gasteiger partial charge is 0.481 e. The van der Waals surface area contributed by atoms with Gasteiger partial charge in [-0.1, -0.05) is 47.1 Å². The van der Waals surface area contributed by atoms with E-state index in [2.05, 4.69) is 27.7 Å². The summed E-state index contributed by atoms with van der Waals surface area (Å²) in [4.78, 5) is 51.3. The Kier molecular flexibility index (Phi) is 10.7. The minimum absolute atomic E-state index is 0.0217. The first kappa shape index (κ1) is 43.5. The first-order chi connectivity index (χ1) is 26.8. The molecule has 0 aromatic rings. The van der Waals surface area contributed by atoms with Crippen LogP contribution in [0.25, 0.3) is 0 Å². The Morgan fingerprint density at radius 3 is 1.88 bits per heavy atom. The van der Waals surface area contributed by atoms with E-state index in [1.807, 2.05) is 26.8 Å². The summed E-state index contributed by atoms with van der Waals surface area (Å²) >= 11 is 0. The fourth-order valence-electron chi connectivity index (χ4n) is 13.4. The summed E-state index contributed by atoms with van der Waals surface area (Å²) in [7, 11) is 0. The SMILES string of the molecule is CC1(C)[C@@H](O[C@H]2O[C@H](C(=O)O)[C@H](O)[C@H](O)[C@@H]2O[C@@H]2O[C@H](C(=O)O)[C@H](O)[C@H](O)[C@H]2O)CC[C@@]2(C)[C@H]3C(=O)C=C4[C@H]5C[C@@](C)(C(=O)O)CC[C@]5(C)CC[C@@]4(C)[C@]3(C)CC[C@@H]12. The fraction of sp³-hybridized carbons (Fsp3) is 0.857. The molecule has 19 atom stereocenters. The van der Waals surface area contributed by atoms with Crippen LogP contribution in [-0.4, -0.2) is 132 Å². The predicted molar refractivity (Wildman–Crippen MR) is 199 cm³/mol. The van der Waals surface area contributed by atoms with E-state index in [0.717, 1.165) is 37.7 Å². The van der Waals surface area contributed by atoms with Crippen molar-refractivity contribution in [3.63, 3.8) is 0 Å². The molecule has 2 heterocycles. The van der Waals surface area contributed by atoms with Crippen LogP contribution < -0.4 is 0 Å². The molecule has 5 aliphatic carbocycles. The summed E-state index contributed by atoms with van der Waals surface area (Å²) in [6.07, 6.45) is -12.2. The smallest absolute Gasteiger partial charge is 0.335 e. The minimum Gasteiger partial charge on any atom is -0.481 e. The first-order valence-corrected chi connectivity index (χ1v) is 20.7. The van der Waals surface area contributed by atoms with Crippen LogP contribution in [0.5, 0.6) is 0 Å². The molecular weight excluding hydrogens is 760 g/mol. The van der Waals surface area contributed by atoms with E-state index in [4.69, 9.17) is 18.9 Å². The van der Waals surface area contributed by atoms with Crippen molar-refractivity contribution >= 4 is 23.7 Å².